The average molecular weight is 283 g/mol. The molecule has 0 radical (unpaired) electrons. The summed E-state index contributed by atoms with van der Waals surface area (Å²) in [5.41, 5.74) is 0. The Morgan fingerprint density at radius 2 is 1.92 bits per heavy atom. The van der Waals surface area contributed by atoms with E-state index in [1.807, 2.05) is 18.7 Å². The van der Waals surface area contributed by atoms with E-state index in [4.69, 9.17) is 4.74 Å². The second-order valence-electron chi connectivity index (χ2n) is 3.38. The van der Waals surface area contributed by atoms with Gasteiger partial charge in [0.15, 0.2) is 0 Å². The van der Waals surface area contributed by atoms with Crippen LogP contribution >= 0.6 is 22.6 Å². The van der Waals surface area contributed by atoms with Gasteiger partial charge in [-0.25, -0.2) is 0 Å². The van der Waals surface area contributed by atoms with Gasteiger partial charge in [-0.1, -0.05) is 22.6 Å². The minimum atomic E-state index is -0.283. The Labute approximate surface area is 86.6 Å². The molecule has 0 N–H and O–H groups in total. The highest BCUT2D eigenvalue weighted by atomic mass is 127. The molecule has 1 heterocycles. The van der Waals surface area contributed by atoms with E-state index in [0.29, 0.717) is 13.2 Å². The number of carbonyl (C=O) groups is 1. The van der Waals surface area contributed by atoms with E-state index in [2.05, 4.69) is 22.6 Å². The van der Waals surface area contributed by atoms with Crippen LogP contribution in [0.4, 0.5) is 0 Å². The van der Waals surface area contributed by atoms with Gasteiger partial charge in [0.2, 0.25) is 5.91 Å². The molecule has 0 aromatic rings. The van der Waals surface area contributed by atoms with Crippen LogP contribution in [0.2, 0.25) is 0 Å². The third kappa shape index (κ3) is 2.58. The van der Waals surface area contributed by atoms with E-state index in [9.17, 15) is 4.79 Å². The molecule has 3 nitrogen and oxygen atoms in total. The molecule has 0 aromatic heterocycles. The highest BCUT2D eigenvalue weighted by Gasteiger charge is 2.29. The molecule has 0 aromatic carbocycles. The van der Waals surface area contributed by atoms with Crippen molar-refractivity contribution in [2.45, 2.75) is 17.3 Å². The predicted molar refractivity (Wildman–Crippen MR) is 55.5 cm³/mol. The first-order valence-electron chi connectivity index (χ1n) is 4.08. The number of hydrogen-bond acceptors (Lipinski definition) is 2. The lowest BCUT2D eigenvalue weighted by molar-refractivity contribution is -0.136. The Balaban J connectivity index is 2.51. The molecule has 1 aliphatic heterocycles. The third-order valence-electron chi connectivity index (χ3n) is 1.81. The molecule has 1 fully saturated rings. The van der Waals surface area contributed by atoms with Crippen LogP contribution in [0.15, 0.2) is 0 Å². The summed E-state index contributed by atoms with van der Waals surface area (Å²) in [6, 6.07) is 0. The lowest BCUT2D eigenvalue weighted by Gasteiger charge is -2.31. The van der Waals surface area contributed by atoms with E-state index in [1.54, 1.807) is 0 Å². The number of carbonyl (C=O) groups excluding carboxylic acids is 1. The normalized spacial score (nSPS) is 19.4. The van der Waals surface area contributed by atoms with Gasteiger partial charge in [0, 0.05) is 13.1 Å². The van der Waals surface area contributed by atoms with Crippen LogP contribution in [0.3, 0.4) is 0 Å². The van der Waals surface area contributed by atoms with Gasteiger partial charge in [0.1, 0.15) is 0 Å². The van der Waals surface area contributed by atoms with Crippen molar-refractivity contribution in [1.29, 1.82) is 0 Å². The molecule has 12 heavy (non-hydrogen) atoms. The smallest absolute Gasteiger partial charge is 0.238 e. The van der Waals surface area contributed by atoms with Crippen molar-refractivity contribution in [2.24, 2.45) is 0 Å². The molecule has 70 valence electrons. The van der Waals surface area contributed by atoms with Crippen LogP contribution in [0.25, 0.3) is 0 Å². The second-order valence-corrected chi connectivity index (χ2v) is 6.07. The number of alkyl halides is 1. The average Bonchev–Trinajstić information content (AvgIpc) is 2.03. The summed E-state index contributed by atoms with van der Waals surface area (Å²) in [5, 5.41) is 0. The van der Waals surface area contributed by atoms with E-state index in [-0.39, 0.29) is 9.33 Å². The van der Waals surface area contributed by atoms with Crippen LogP contribution < -0.4 is 0 Å². The molecule has 0 bridgehead atoms. The summed E-state index contributed by atoms with van der Waals surface area (Å²) in [6.07, 6.45) is 0. The summed E-state index contributed by atoms with van der Waals surface area (Å²) in [7, 11) is 0. The molecule has 4 heteroatoms. The SMILES string of the molecule is CC(C)(I)C(=O)N1CCOCC1. The Morgan fingerprint density at radius 1 is 1.42 bits per heavy atom. The number of rotatable bonds is 1. The molecule has 1 rings (SSSR count). The van der Waals surface area contributed by atoms with Crippen molar-refractivity contribution < 1.29 is 9.53 Å². The van der Waals surface area contributed by atoms with Crippen molar-refractivity contribution >= 4 is 28.5 Å². The zero-order valence-corrected chi connectivity index (χ0v) is 9.63. The van der Waals surface area contributed by atoms with Crippen LogP contribution in [-0.2, 0) is 9.53 Å². The third-order valence-corrected chi connectivity index (χ3v) is 2.27. The van der Waals surface area contributed by atoms with Gasteiger partial charge >= 0.3 is 0 Å². The highest BCUT2D eigenvalue weighted by molar-refractivity contribution is 14.1. The molecule has 1 amide bonds. The minimum absolute atomic E-state index is 0.214. The van der Waals surface area contributed by atoms with Gasteiger partial charge in [0.25, 0.3) is 0 Å². The number of amides is 1. The van der Waals surface area contributed by atoms with Gasteiger partial charge in [-0.15, -0.1) is 0 Å². The first kappa shape index (κ1) is 10.2. The Morgan fingerprint density at radius 3 is 2.33 bits per heavy atom. The van der Waals surface area contributed by atoms with Gasteiger partial charge in [-0.3, -0.25) is 4.79 Å². The summed E-state index contributed by atoms with van der Waals surface area (Å²) in [6.45, 7) is 6.71. The number of nitrogens with zero attached hydrogens (tertiary/aromatic N) is 1. The quantitative estimate of drug-likeness (QED) is 0.532. The van der Waals surface area contributed by atoms with Crippen molar-refractivity contribution in [2.75, 3.05) is 26.3 Å². The number of ether oxygens (including phenoxy) is 1. The van der Waals surface area contributed by atoms with Crippen LogP contribution in [0.5, 0.6) is 0 Å². The zero-order chi connectivity index (χ0) is 9.19. The summed E-state index contributed by atoms with van der Waals surface area (Å²) < 4.78 is 4.88. The largest absolute Gasteiger partial charge is 0.378 e. The maximum absolute atomic E-state index is 11.7. The second kappa shape index (κ2) is 3.91. The molecule has 1 aliphatic rings. The first-order chi connectivity index (χ1) is 5.52. The van der Waals surface area contributed by atoms with E-state index < -0.39 is 0 Å². The molecule has 1 saturated heterocycles. The maximum atomic E-state index is 11.7. The summed E-state index contributed by atoms with van der Waals surface area (Å²) >= 11 is 2.17. The number of hydrogen-bond donors (Lipinski definition) is 0. The van der Waals surface area contributed by atoms with Crippen molar-refractivity contribution in [3.8, 4) is 0 Å². The van der Waals surface area contributed by atoms with Crippen LogP contribution in [0.1, 0.15) is 13.8 Å². The van der Waals surface area contributed by atoms with E-state index in [1.165, 1.54) is 0 Å². The first-order valence-corrected chi connectivity index (χ1v) is 5.16. The molecular weight excluding hydrogens is 269 g/mol. The summed E-state index contributed by atoms with van der Waals surface area (Å²) in [5.74, 6) is 0.214. The van der Waals surface area contributed by atoms with E-state index >= 15 is 0 Å². The summed E-state index contributed by atoms with van der Waals surface area (Å²) in [4.78, 5) is 13.6. The highest BCUT2D eigenvalue weighted by Crippen LogP contribution is 2.20. The number of morpholine rings is 1. The molecule has 0 atom stereocenters. The molecule has 0 saturated carbocycles. The monoisotopic (exact) mass is 283 g/mol. The van der Waals surface area contributed by atoms with Gasteiger partial charge in [-0.05, 0) is 13.8 Å². The topological polar surface area (TPSA) is 29.5 Å². The van der Waals surface area contributed by atoms with E-state index in [0.717, 1.165) is 13.1 Å². The standard InChI is InChI=1S/C8H14INO2/c1-8(2,9)7(11)10-3-5-12-6-4-10/h3-6H2,1-2H3. The number of halogens is 1. The van der Waals surface area contributed by atoms with Crippen molar-refractivity contribution in [3.63, 3.8) is 0 Å². The van der Waals surface area contributed by atoms with Crippen LogP contribution in [-0.4, -0.2) is 40.5 Å². The lowest BCUT2D eigenvalue weighted by atomic mass is 10.2. The Kier molecular flexibility index (Phi) is 3.34. The minimum Gasteiger partial charge on any atom is -0.378 e. The van der Waals surface area contributed by atoms with Crippen molar-refractivity contribution in [3.05, 3.63) is 0 Å². The molecular formula is C8H14INO2. The van der Waals surface area contributed by atoms with Crippen molar-refractivity contribution in [1.82, 2.24) is 4.90 Å². The molecule has 0 aliphatic carbocycles. The Hall–Kier alpha value is 0.160. The molecule has 0 unspecified atom stereocenters. The molecule has 0 spiro atoms. The van der Waals surface area contributed by atoms with Gasteiger partial charge < -0.3 is 9.64 Å². The Bertz CT molecular complexity index is 170. The lowest BCUT2D eigenvalue weighted by Crippen LogP contribution is -2.47. The fourth-order valence-electron chi connectivity index (χ4n) is 1.14. The predicted octanol–water partition coefficient (Wildman–Crippen LogP) is 1.06. The zero-order valence-electron chi connectivity index (χ0n) is 7.47. The van der Waals surface area contributed by atoms with Gasteiger partial charge in [0.05, 0.1) is 16.6 Å². The van der Waals surface area contributed by atoms with Crippen LogP contribution in [0, 0.1) is 0 Å². The fourth-order valence-corrected chi connectivity index (χ4v) is 1.48. The fraction of sp³-hybridized carbons (Fsp3) is 0.875. The maximum Gasteiger partial charge on any atom is 0.238 e. The van der Waals surface area contributed by atoms with Gasteiger partial charge in [-0.2, -0.15) is 0 Å².